The Morgan fingerprint density at radius 2 is 2.11 bits per heavy atom. The van der Waals surface area contributed by atoms with Crippen LogP contribution in [0.4, 0.5) is 5.69 Å². The maximum absolute atomic E-state index is 12.1. The third-order valence-corrected chi connectivity index (χ3v) is 4.17. The molecular formula is C11H16ClN3O3S. The van der Waals surface area contributed by atoms with Gasteiger partial charge in [-0.15, -0.1) is 0 Å². The molecule has 0 aliphatic heterocycles. The lowest BCUT2D eigenvalue weighted by Crippen LogP contribution is -2.44. The molecule has 0 aliphatic carbocycles. The molecular weight excluding hydrogens is 290 g/mol. The molecule has 0 spiro atoms. The molecule has 1 atom stereocenters. The van der Waals surface area contributed by atoms with Gasteiger partial charge >= 0.3 is 0 Å². The molecule has 4 N–H and O–H groups in total. The SMILES string of the molecule is CCNC(=O)C(C)NS(=O)(=O)c1cc(Cl)ccc1N. The summed E-state index contributed by atoms with van der Waals surface area (Å²) in [5.74, 6) is -0.410. The summed E-state index contributed by atoms with van der Waals surface area (Å²) in [6.45, 7) is 3.61. The number of anilines is 1. The van der Waals surface area contributed by atoms with Gasteiger partial charge in [0.05, 0.1) is 11.7 Å². The van der Waals surface area contributed by atoms with Crippen molar-refractivity contribution in [3.8, 4) is 0 Å². The summed E-state index contributed by atoms with van der Waals surface area (Å²) in [6.07, 6.45) is 0. The number of nitrogens with two attached hydrogens (primary N) is 1. The van der Waals surface area contributed by atoms with Gasteiger partial charge in [0.15, 0.2) is 0 Å². The Hall–Kier alpha value is -1.31. The number of halogens is 1. The largest absolute Gasteiger partial charge is 0.398 e. The molecule has 0 saturated heterocycles. The Bertz CT molecular complexity index is 575. The van der Waals surface area contributed by atoms with Crippen LogP contribution in [0, 0.1) is 0 Å². The minimum atomic E-state index is -3.90. The molecule has 1 rings (SSSR count). The van der Waals surface area contributed by atoms with Gasteiger partial charge in [0.2, 0.25) is 15.9 Å². The summed E-state index contributed by atoms with van der Waals surface area (Å²) in [5, 5.41) is 2.77. The van der Waals surface area contributed by atoms with Crippen LogP contribution in [-0.2, 0) is 14.8 Å². The van der Waals surface area contributed by atoms with Gasteiger partial charge in [0.1, 0.15) is 4.90 Å². The molecule has 0 fully saturated rings. The van der Waals surface area contributed by atoms with E-state index in [4.69, 9.17) is 17.3 Å². The summed E-state index contributed by atoms with van der Waals surface area (Å²) in [6, 6.07) is 3.23. The van der Waals surface area contributed by atoms with Gasteiger partial charge in [0, 0.05) is 11.6 Å². The van der Waals surface area contributed by atoms with Crippen LogP contribution < -0.4 is 15.8 Å². The summed E-state index contributed by atoms with van der Waals surface area (Å²) in [4.78, 5) is 11.4. The number of carbonyl (C=O) groups excluding carboxylic acids is 1. The molecule has 0 radical (unpaired) electrons. The van der Waals surface area contributed by atoms with E-state index in [-0.39, 0.29) is 15.6 Å². The van der Waals surface area contributed by atoms with Gasteiger partial charge in [-0.3, -0.25) is 4.79 Å². The molecule has 1 unspecified atom stereocenters. The topological polar surface area (TPSA) is 101 Å². The fraction of sp³-hybridized carbons (Fsp3) is 0.364. The average Bonchev–Trinajstić information content (AvgIpc) is 2.31. The molecule has 1 aromatic rings. The van der Waals surface area contributed by atoms with Crippen LogP contribution in [0.2, 0.25) is 5.02 Å². The predicted molar refractivity (Wildman–Crippen MR) is 74.3 cm³/mol. The number of carbonyl (C=O) groups is 1. The number of rotatable bonds is 5. The monoisotopic (exact) mass is 305 g/mol. The van der Waals surface area contributed by atoms with Crippen molar-refractivity contribution in [1.82, 2.24) is 10.0 Å². The van der Waals surface area contributed by atoms with Crippen LogP contribution in [0.3, 0.4) is 0 Å². The summed E-state index contributed by atoms with van der Waals surface area (Å²) in [7, 11) is -3.90. The molecule has 0 aromatic heterocycles. The number of amides is 1. The first-order valence-electron chi connectivity index (χ1n) is 5.63. The highest BCUT2D eigenvalue weighted by Crippen LogP contribution is 2.22. The highest BCUT2D eigenvalue weighted by atomic mass is 35.5. The van der Waals surface area contributed by atoms with Crippen molar-refractivity contribution in [3.63, 3.8) is 0 Å². The minimum absolute atomic E-state index is 0.0694. The van der Waals surface area contributed by atoms with Gasteiger partial charge < -0.3 is 11.1 Å². The van der Waals surface area contributed by atoms with Gasteiger partial charge in [-0.1, -0.05) is 11.6 Å². The minimum Gasteiger partial charge on any atom is -0.398 e. The Balaban J connectivity index is 2.99. The zero-order valence-corrected chi connectivity index (χ0v) is 12.2. The fourth-order valence-corrected chi connectivity index (χ4v) is 3.01. The zero-order chi connectivity index (χ0) is 14.6. The first-order valence-corrected chi connectivity index (χ1v) is 7.49. The maximum Gasteiger partial charge on any atom is 0.243 e. The van der Waals surface area contributed by atoms with Crippen molar-refractivity contribution in [1.29, 1.82) is 0 Å². The molecule has 0 saturated carbocycles. The second-order valence-electron chi connectivity index (χ2n) is 3.92. The number of benzene rings is 1. The first kappa shape index (κ1) is 15.7. The highest BCUT2D eigenvalue weighted by Gasteiger charge is 2.23. The van der Waals surface area contributed by atoms with E-state index >= 15 is 0 Å². The zero-order valence-electron chi connectivity index (χ0n) is 10.6. The molecule has 0 bridgehead atoms. The Labute approximate surface area is 117 Å². The molecule has 0 heterocycles. The predicted octanol–water partition coefficient (Wildman–Crippen LogP) is 0.725. The summed E-state index contributed by atoms with van der Waals surface area (Å²) >= 11 is 5.74. The molecule has 1 aromatic carbocycles. The third-order valence-electron chi connectivity index (χ3n) is 2.34. The number of sulfonamides is 1. The number of hydrogen-bond donors (Lipinski definition) is 3. The Morgan fingerprint density at radius 3 is 2.68 bits per heavy atom. The summed E-state index contributed by atoms with van der Waals surface area (Å²) < 4.78 is 26.4. The lowest BCUT2D eigenvalue weighted by Gasteiger charge is -2.14. The smallest absolute Gasteiger partial charge is 0.243 e. The molecule has 0 aliphatic rings. The Morgan fingerprint density at radius 1 is 1.47 bits per heavy atom. The number of nitrogens with one attached hydrogen (secondary N) is 2. The lowest BCUT2D eigenvalue weighted by atomic mass is 10.3. The van der Waals surface area contributed by atoms with Crippen LogP contribution in [0.5, 0.6) is 0 Å². The quantitative estimate of drug-likeness (QED) is 0.698. The second kappa shape index (κ2) is 6.23. The van der Waals surface area contributed by atoms with Crippen molar-refractivity contribution in [2.24, 2.45) is 0 Å². The van der Waals surface area contributed by atoms with E-state index in [0.717, 1.165) is 0 Å². The van der Waals surface area contributed by atoms with E-state index in [1.165, 1.54) is 25.1 Å². The van der Waals surface area contributed by atoms with Crippen molar-refractivity contribution >= 4 is 33.2 Å². The van der Waals surface area contributed by atoms with E-state index in [2.05, 4.69) is 10.0 Å². The number of nitrogen functional groups attached to an aromatic ring is 1. The fourth-order valence-electron chi connectivity index (χ4n) is 1.42. The van der Waals surface area contributed by atoms with Crippen molar-refractivity contribution in [2.75, 3.05) is 12.3 Å². The van der Waals surface area contributed by atoms with Crippen LogP contribution in [0.25, 0.3) is 0 Å². The number of likely N-dealkylation sites (N-methyl/N-ethyl adjacent to an activating group) is 1. The van der Waals surface area contributed by atoms with E-state index < -0.39 is 22.0 Å². The normalized spacial score (nSPS) is 13.0. The average molecular weight is 306 g/mol. The summed E-state index contributed by atoms with van der Waals surface area (Å²) in [5.41, 5.74) is 5.68. The second-order valence-corrected chi connectivity index (χ2v) is 6.04. The molecule has 8 heteroatoms. The number of hydrogen-bond acceptors (Lipinski definition) is 4. The molecule has 1 amide bonds. The van der Waals surface area contributed by atoms with Crippen LogP contribution in [-0.4, -0.2) is 26.9 Å². The molecule has 6 nitrogen and oxygen atoms in total. The van der Waals surface area contributed by atoms with E-state index in [1.54, 1.807) is 6.92 Å². The van der Waals surface area contributed by atoms with Gasteiger partial charge in [-0.05, 0) is 32.0 Å². The van der Waals surface area contributed by atoms with Crippen molar-refractivity contribution in [2.45, 2.75) is 24.8 Å². The van der Waals surface area contributed by atoms with Gasteiger partial charge in [-0.25, -0.2) is 8.42 Å². The Kier molecular flexibility index (Phi) is 5.16. The lowest BCUT2D eigenvalue weighted by molar-refractivity contribution is -0.122. The first-order chi connectivity index (χ1) is 8.77. The third kappa shape index (κ3) is 4.09. The van der Waals surface area contributed by atoms with Crippen molar-refractivity contribution < 1.29 is 13.2 Å². The molecule has 19 heavy (non-hydrogen) atoms. The van der Waals surface area contributed by atoms with Crippen LogP contribution in [0.15, 0.2) is 23.1 Å². The van der Waals surface area contributed by atoms with Gasteiger partial charge in [-0.2, -0.15) is 4.72 Å². The van der Waals surface area contributed by atoms with Crippen molar-refractivity contribution in [3.05, 3.63) is 23.2 Å². The van der Waals surface area contributed by atoms with Crippen LogP contribution in [0.1, 0.15) is 13.8 Å². The standard InChI is InChI=1S/C11H16ClN3O3S/c1-3-14-11(16)7(2)15-19(17,18)10-6-8(12)4-5-9(10)13/h4-7,15H,3,13H2,1-2H3,(H,14,16). The van der Waals surface area contributed by atoms with Crippen LogP contribution >= 0.6 is 11.6 Å². The van der Waals surface area contributed by atoms with E-state index in [0.29, 0.717) is 6.54 Å². The molecule has 106 valence electrons. The van der Waals surface area contributed by atoms with Gasteiger partial charge in [0.25, 0.3) is 0 Å². The van der Waals surface area contributed by atoms with E-state index in [1.807, 2.05) is 0 Å². The van der Waals surface area contributed by atoms with E-state index in [9.17, 15) is 13.2 Å². The maximum atomic E-state index is 12.1. The highest BCUT2D eigenvalue weighted by molar-refractivity contribution is 7.89.